The molecular weight excluding hydrogens is 491 g/mol. The van der Waals surface area contributed by atoms with Crippen LogP contribution in [0.3, 0.4) is 0 Å². The highest BCUT2D eigenvalue weighted by Gasteiger charge is 2.29. The monoisotopic (exact) mass is 526 g/mol. The Labute approximate surface area is 221 Å². The molecule has 0 aliphatic rings. The number of amides is 1. The first kappa shape index (κ1) is 29.0. The molecule has 9 nitrogen and oxygen atoms in total. The lowest BCUT2D eigenvalue weighted by Gasteiger charge is -2.25. The maximum Gasteiger partial charge on any atom is 0.419 e. The van der Waals surface area contributed by atoms with Gasteiger partial charge in [-0.1, -0.05) is 50.6 Å². The number of nitrogens with zero attached hydrogens (tertiary/aromatic N) is 2. The number of fused-ring (bicyclic) bond motifs is 1. The Hall–Kier alpha value is -3.52. The normalized spacial score (nSPS) is 15.4. The zero-order valence-corrected chi connectivity index (χ0v) is 22.1. The van der Waals surface area contributed by atoms with E-state index in [9.17, 15) is 24.3 Å². The van der Waals surface area contributed by atoms with Gasteiger partial charge in [-0.15, -0.1) is 0 Å². The minimum absolute atomic E-state index is 0.0671. The lowest BCUT2D eigenvalue weighted by molar-refractivity contribution is -0.139. The van der Waals surface area contributed by atoms with Gasteiger partial charge in [0, 0.05) is 20.0 Å². The van der Waals surface area contributed by atoms with Crippen LogP contribution in [0.4, 0.5) is 4.39 Å². The molecule has 0 fully saturated rings. The summed E-state index contributed by atoms with van der Waals surface area (Å²) in [6.07, 6.45) is -2.95. The summed E-state index contributed by atoms with van der Waals surface area (Å²) in [6.45, 7) is 3.35. The van der Waals surface area contributed by atoms with Crippen LogP contribution in [0.1, 0.15) is 25.8 Å². The van der Waals surface area contributed by atoms with Crippen molar-refractivity contribution in [2.75, 3.05) is 20.2 Å². The molecule has 0 spiro atoms. The Morgan fingerprint density at radius 3 is 2.55 bits per heavy atom. The topological polar surface area (TPSA) is 130 Å². The summed E-state index contributed by atoms with van der Waals surface area (Å²) in [5.74, 6) is -1.12. The first-order valence-electron chi connectivity index (χ1n) is 12.7. The standard InChI is InChI=1S/C28H35FN4O5/c1-5-17(2)26(37-16-22(29)24(34)15-31-3)27(35)32-21(14-30)12-18-6-8-19(9-7-18)20-10-11-25-23(13-20)33(4)28(36)38-25/h6-11,13,17,21-22,24,26,31,34H,5,12,15-16H2,1-4H3,(H,32,35)/t17?,21-,22+,24+,26-/m0/s1. The summed E-state index contributed by atoms with van der Waals surface area (Å²) in [5, 5.41) is 24.9. The molecule has 0 radical (unpaired) electrons. The highest BCUT2D eigenvalue weighted by Crippen LogP contribution is 2.24. The number of oxazole rings is 1. The fraction of sp³-hybridized carbons (Fsp3) is 0.464. The van der Waals surface area contributed by atoms with Crippen LogP contribution < -0.4 is 16.4 Å². The van der Waals surface area contributed by atoms with Gasteiger partial charge in [0.15, 0.2) is 11.8 Å². The van der Waals surface area contributed by atoms with Crippen LogP contribution in [-0.4, -0.2) is 60.2 Å². The average Bonchev–Trinajstić information content (AvgIpc) is 3.20. The average molecular weight is 527 g/mol. The number of aliphatic hydroxyl groups excluding tert-OH is 1. The number of carbonyl (C=O) groups excluding carboxylic acids is 1. The summed E-state index contributed by atoms with van der Waals surface area (Å²) < 4.78 is 26.4. The third-order valence-electron chi connectivity index (χ3n) is 6.68. The number of likely N-dealkylation sites (N-methyl/N-ethyl adjacent to an activating group) is 1. The highest BCUT2D eigenvalue weighted by molar-refractivity contribution is 5.82. The Morgan fingerprint density at radius 1 is 1.24 bits per heavy atom. The number of nitriles is 1. The molecule has 1 unspecified atom stereocenters. The fourth-order valence-corrected chi connectivity index (χ4v) is 4.11. The molecule has 3 aromatic rings. The van der Waals surface area contributed by atoms with Crippen LogP contribution >= 0.6 is 0 Å². The van der Waals surface area contributed by atoms with E-state index >= 15 is 0 Å². The summed E-state index contributed by atoms with van der Waals surface area (Å²) in [6, 6.07) is 14.4. The second-order valence-corrected chi connectivity index (χ2v) is 9.48. The number of aryl methyl sites for hydroxylation is 1. The Balaban J connectivity index is 1.65. The molecule has 1 heterocycles. The number of rotatable bonds is 13. The third kappa shape index (κ3) is 7.07. The Bertz CT molecular complexity index is 1310. The zero-order chi connectivity index (χ0) is 27.8. The minimum Gasteiger partial charge on any atom is -0.408 e. The second-order valence-electron chi connectivity index (χ2n) is 9.48. The predicted molar refractivity (Wildman–Crippen MR) is 142 cm³/mol. The maximum absolute atomic E-state index is 14.2. The number of hydrogen-bond donors (Lipinski definition) is 3. The van der Waals surface area contributed by atoms with E-state index in [1.54, 1.807) is 20.2 Å². The van der Waals surface area contributed by atoms with Crippen LogP contribution in [-0.2, 0) is 23.0 Å². The third-order valence-corrected chi connectivity index (χ3v) is 6.68. The molecule has 1 amide bonds. The fourth-order valence-electron chi connectivity index (χ4n) is 4.11. The molecule has 204 valence electrons. The van der Waals surface area contributed by atoms with E-state index in [0.29, 0.717) is 17.5 Å². The molecule has 10 heteroatoms. The number of aromatic nitrogens is 1. The van der Waals surface area contributed by atoms with Gasteiger partial charge < -0.3 is 24.9 Å². The van der Waals surface area contributed by atoms with Gasteiger partial charge in [-0.05, 0) is 41.8 Å². The Kier molecular flexibility index (Phi) is 10.2. The van der Waals surface area contributed by atoms with E-state index in [1.165, 1.54) is 4.57 Å². The van der Waals surface area contributed by atoms with E-state index in [2.05, 4.69) is 16.7 Å². The molecule has 3 N–H and O–H groups in total. The van der Waals surface area contributed by atoms with E-state index in [-0.39, 0.29) is 18.9 Å². The van der Waals surface area contributed by atoms with Crippen LogP contribution in [0.15, 0.2) is 51.7 Å². The number of ether oxygens (including phenoxy) is 1. The second kappa shape index (κ2) is 13.3. The zero-order valence-electron chi connectivity index (χ0n) is 22.1. The van der Waals surface area contributed by atoms with Crippen LogP contribution in [0.5, 0.6) is 0 Å². The van der Waals surface area contributed by atoms with E-state index in [1.807, 2.05) is 50.2 Å². The SMILES string of the molecule is CCC(C)[C@H](OC[C@@H](F)[C@H](O)CNC)C(=O)N[C@H](C#N)Cc1ccc(-c2ccc3oc(=O)n(C)c3c2)cc1. The molecular formula is C28H35FN4O5. The molecule has 0 bridgehead atoms. The van der Waals surface area contributed by atoms with Gasteiger partial charge in [0.05, 0.1) is 24.3 Å². The summed E-state index contributed by atoms with van der Waals surface area (Å²) in [5.41, 5.74) is 3.88. The number of aliphatic hydroxyl groups is 1. The number of nitrogens with one attached hydrogen (secondary N) is 2. The number of benzene rings is 2. The van der Waals surface area contributed by atoms with E-state index < -0.39 is 42.7 Å². The largest absolute Gasteiger partial charge is 0.419 e. The molecule has 1 aromatic heterocycles. The predicted octanol–water partition coefficient (Wildman–Crippen LogP) is 2.70. The number of alkyl halides is 1. The summed E-state index contributed by atoms with van der Waals surface area (Å²) in [4.78, 5) is 24.7. The lowest BCUT2D eigenvalue weighted by Crippen LogP contribution is -2.47. The van der Waals surface area contributed by atoms with Crippen molar-refractivity contribution < 1.29 is 23.4 Å². The summed E-state index contributed by atoms with van der Waals surface area (Å²) >= 11 is 0. The number of carbonyl (C=O) groups is 1. The summed E-state index contributed by atoms with van der Waals surface area (Å²) in [7, 11) is 3.25. The quantitative estimate of drug-likeness (QED) is 0.312. The van der Waals surface area contributed by atoms with E-state index in [4.69, 9.17) is 9.15 Å². The molecule has 3 rings (SSSR count). The number of hydrogen-bond acceptors (Lipinski definition) is 7. The molecule has 2 aromatic carbocycles. The van der Waals surface area contributed by atoms with Crippen molar-refractivity contribution in [3.8, 4) is 17.2 Å². The molecule has 5 atom stereocenters. The molecule has 0 aliphatic carbocycles. The van der Waals surface area contributed by atoms with Gasteiger partial charge in [-0.3, -0.25) is 9.36 Å². The van der Waals surface area contributed by atoms with Gasteiger partial charge >= 0.3 is 5.76 Å². The number of halogens is 1. The van der Waals surface area contributed by atoms with Crippen molar-refractivity contribution in [3.05, 3.63) is 58.6 Å². The molecule has 38 heavy (non-hydrogen) atoms. The Morgan fingerprint density at radius 2 is 1.92 bits per heavy atom. The molecule has 0 aliphatic heterocycles. The van der Waals surface area contributed by atoms with Crippen molar-refractivity contribution in [3.63, 3.8) is 0 Å². The highest BCUT2D eigenvalue weighted by atomic mass is 19.1. The van der Waals surface area contributed by atoms with Crippen molar-refractivity contribution >= 4 is 17.0 Å². The van der Waals surface area contributed by atoms with Gasteiger partial charge in [0.2, 0.25) is 5.91 Å². The maximum atomic E-state index is 14.2. The van der Waals surface area contributed by atoms with Crippen molar-refractivity contribution in [1.82, 2.24) is 15.2 Å². The lowest BCUT2D eigenvalue weighted by atomic mass is 9.99. The van der Waals surface area contributed by atoms with E-state index in [0.717, 1.165) is 16.7 Å². The van der Waals surface area contributed by atoms with Gasteiger partial charge in [-0.25, -0.2) is 9.18 Å². The first-order valence-corrected chi connectivity index (χ1v) is 12.7. The van der Waals surface area contributed by atoms with Crippen molar-refractivity contribution in [2.24, 2.45) is 13.0 Å². The van der Waals surface area contributed by atoms with Crippen LogP contribution in [0.2, 0.25) is 0 Å². The molecule has 0 saturated heterocycles. The van der Waals surface area contributed by atoms with Gasteiger partial charge in [0.1, 0.15) is 12.1 Å². The van der Waals surface area contributed by atoms with Crippen LogP contribution in [0, 0.1) is 17.2 Å². The van der Waals surface area contributed by atoms with Crippen LogP contribution in [0.25, 0.3) is 22.2 Å². The smallest absolute Gasteiger partial charge is 0.408 e. The van der Waals surface area contributed by atoms with Gasteiger partial charge in [-0.2, -0.15) is 5.26 Å². The minimum atomic E-state index is -1.65. The first-order chi connectivity index (χ1) is 18.2. The van der Waals surface area contributed by atoms with Crippen molar-refractivity contribution in [2.45, 2.75) is 51.1 Å². The molecule has 0 saturated carbocycles. The van der Waals surface area contributed by atoms with Gasteiger partial charge in [0.25, 0.3) is 0 Å². The van der Waals surface area contributed by atoms with Crippen molar-refractivity contribution in [1.29, 1.82) is 5.26 Å².